The number of benzene rings is 1. The van der Waals surface area contributed by atoms with E-state index < -0.39 is 18.0 Å². The SMILES string of the molecule is CCCC(=O)OC(=O)[C@@H](N)Cc1ccccc1. The van der Waals surface area contributed by atoms with Gasteiger partial charge < -0.3 is 10.5 Å². The molecule has 92 valence electrons. The topological polar surface area (TPSA) is 69.4 Å². The standard InChI is InChI=1S/C13H17NO3/c1-2-6-12(15)17-13(16)11(14)9-10-7-4-3-5-8-10/h3-5,7-8,11H,2,6,9,14H2,1H3/t11-/m0/s1. The molecule has 2 N–H and O–H groups in total. The van der Waals surface area contributed by atoms with Crippen LogP contribution in [0.25, 0.3) is 0 Å². The smallest absolute Gasteiger partial charge is 0.330 e. The van der Waals surface area contributed by atoms with Crippen molar-refractivity contribution in [3.05, 3.63) is 35.9 Å². The van der Waals surface area contributed by atoms with Crippen molar-refractivity contribution in [3.8, 4) is 0 Å². The van der Waals surface area contributed by atoms with Crippen LogP contribution in [0.2, 0.25) is 0 Å². The van der Waals surface area contributed by atoms with Crippen LogP contribution in [0.5, 0.6) is 0 Å². The van der Waals surface area contributed by atoms with Crippen molar-refractivity contribution in [2.24, 2.45) is 5.73 Å². The van der Waals surface area contributed by atoms with Crippen LogP contribution in [0.15, 0.2) is 30.3 Å². The minimum atomic E-state index is -0.793. The largest absolute Gasteiger partial charge is 0.392 e. The molecule has 17 heavy (non-hydrogen) atoms. The monoisotopic (exact) mass is 235 g/mol. The minimum Gasteiger partial charge on any atom is -0.392 e. The molecule has 0 aliphatic carbocycles. The average Bonchev–Trinajstić information content (AvgIpc) is 2.30. The van der Waals surface area contributed by atoms with E-state index in [2.05, 4.69) is 4.74 Å². The van der Waals surface area contributed by atoms with E-state index in [-0.39, 0.29) is 6.42 Å². The molecule has 1 aromatic rings. The fraction of sp³-hybridized carbons (Fsp3) is 0.385. The molecule has 0 aliphatic heterocycles. The zero-order chi connectivity index (χ0) is 12.7. The lowest BCUT2D eigenvalue weighted by Crippen LogP contribution is -2.35. The van der Waals surface area contributed by atoms with Crippen LogP contribution >= 0.6 is 0 Å². The second kappa shape index (κ2) is 6.81. The van der Waals surface area contributed by atoms with Crippen LogP contribution < -0.4 is 5.73 Å². The number of ether oxygens (including phenoxy) is 1. The first-order valence-electron chi connectivity index (χ1n) is 5.67. The summed E-state index contributed by atoms with van der Waals surface area (Å²) < 4.78 is 4.62. The Morgan fingerprint density at radius 2 is 1.94 bits per heavy atom. The van der Waals surface area contributed by atoms with Gasteiger partial charge in [-0.2, -0.15) is 0 Å². The zero-order valence-corrected chi connectivity index (χ0v) is 9.89. The highest BCUT2D eigenvalue weighted by Gasteiger charge is 2.18. The molecule has 0 aromatic heterocycles. The van der Waals surface area contributed by atoms with Gasteiger partial charge in [0, 0.05) is 6.42 Å². The third-order valence-electron chi connectivity index (χ3n) is 2.27. The van der Waals surface area contributed by atoms with E-state index in [0.29, 0.717) is 12.8 Å². The summed E-state index contributed by atoms with van der Waals surface area (Å²) in [5.41, 5.74) is 6.61. The molecule has 0 saturated carbocycles. The van der Waals surface area contributed by atoms with Gasteiger partial charge in [0.05, 0.1) is 0 Å². The molecule has 1 aromatic carbocycles. The predicted octanol–water partition coefficient (Wildman–Crippen LogP) is 1.43. The van der Waals surface area contributed by atoms with Crippen LogP contribution in [0.3, 0.4) is 0 Å². The van der Waals surface area contributed by atoms with Crippen LogP contribution in [0.4, 0.5) is 0 Å². The van der Waals surface area contributed by atoms with Crippen molar-refractivity contribution in [1.29, 1.82) is 0 Å². The summed E-state index contributed by atoms with van der Waals surface area (Å²) in [7, 11) is 0. The molecule has 1 rings (SSSR count). The Morgan fingerprint density at radius 3 is 2.53 bits per heavy atom. The molecule has 1 atom stereocenters. The highest BCUT2D eigenvalue weighted by molar-refractivity contribution is 5.88. The van der Waals surface area contributed by atoms with Gasteiger partial charge in [-0.15, -0.1) is 0 Å². The molecule has 4 heteroatoms. The number of hydrogen-bond donors (Lipinski definition) is 1. The Hall–Kier alpha value is -1.68. The molecular formula is C13H17NO3. The van der Waals surface area contributed by atoms with Gasteiger partial charge in [0.1, 0.15) is 6.04 Å². The Kier molecular flexibility index (Phi) is 5.36. The summed E-state index contributed by atoms with van der Waals surface area (Å²) in [5.74, 6) is -1.17. The molecule has 0 unspecified atom stereocenters. The van der Waals surface area contributed by atoms with Crippen LogP contribution in [0, 0.1) is 0 Å². The van der Waals surface area contributed by atoms with Gasteiger partial charge in [-0.1, -0.05) is 37.3 Å². The van der Waals surface area contributed by atoms with Gasteiger partial charge in [0.15, 0.2) is 0 Å². The summed E-state index contributed by atoms with van der Waals surface area (Å²) >= 11 is 0. The van der Waals surface area contributed by atoms with Crippen molar-refractivity contribution in [3.63, 3.8) is 0 Å². The van der Waals surface area contributed by atoms with E-state index in [0.717, 1.165) is 5.56 Å². The molecule has 0 radical (unpaired) electrons. The lowest BCUT2D eigenvalue weighted by molar-refractivity contribution is -0.160. The van der Waals surface area contributed by atoms with Crippen molar-refractivity contribution < 1.29 is 14.3 Å². The third kappa shape index (κ3) is 4.78. The molecule has 4 nitrogen and oxygen atoms in total. The first-order chi connectivity index (χ1) is 8.13. The first kappa shape index (κ1) is 13.4. The fourth-order valence-corrected chi connectivity index (χ4v) is 1.39. The van der Waals surface area contributed by atoms with E-state index in [1.165, 1.54) is 0 Å². The Bertz CT molecular complexity index is 376. The maximum atomic E-state index is 11.5. The molecule has 0 saturated heterocycles. The Morgan fingerprint density at radius 1 is 1.29 bits per heavy atom. The van der Waals surface area contributed by atoms with Crippen LogP contribution in [-0.4, -0.2) is 18.0 Å². The average molecular weight is 235 g/mol. The van der Waals surface area contributed by atoms with Gasteiger partial charge in [0.2, 0.25) is 0 Å². The zero-order valence-electron chi connectivity index (χ0n) is 9.89. The molecule has 0 spiro atoms. The number of carbonyl (C=O) groups excluding carboxylic acids is 2. The lowest BCUT2D eigenvalue weighted by Gasteiger charge is -2.10. The molecule has 0 bridgehead atoms. The van der Waals surface area contributed by atoms with Gasteiger partial charge in [-0.25, -0.2) is 4.79 Å². The summed E-state index contributed by atoms with van der Waals surface area (Å²) in [6, 6.07) is 8.59. The van der Waals surface area contributed by atoms with Gasteiger partial charge in [0.25, 0.3) is 0 Å². The van der Waals surface area contributed by atoms with Crippen molar-refractivity contribution in [1.82, 2.24) is 0 Å². The Labute approximate surface area is 101 Å². The van der Waals surface area contributed by atoms with Gasteiger partial charge in [-0.3, -0.25) is 4.79 Å². The van der Waals surface area contributed by atoms with Crippen molar-refractivity contribution in [2.75, 3.05) is 0 Å². The number of rotatable bonds is 5. The van der Waals surface area contributed by atoms with Gasteiger partial charge >= 0.3 is 11.9 Å². The minimum absolute atomic E-state index is 0.240. The second-order valence-electron chi connectivity index (χ2n) is 3.84. The van der Waals surface area contributed by atoms with Gasteiger partial charge in [-0.05, 0) is 18.4 Å². The van der Waals surface area contributed by atoms with Crippen LogP contribution in [-0.2, 0) is 20.7 Å². The lowest BCUT2D eigenvalue weighted by atomic mass is 10.1. The summed E-state index contributed by atoms with van der Waals surface area (Å²) in [4.78, 5) is 22.6. The maximum absolute atomic E-state index is 11.5. The Balaban J connectivity index is 2.45. The highest BCUT2D eigenvalue weighted by atomic mass is 16.6. The van der Waals surface area contributed by atoms with Crippen molar-refractivity contribution in [2.45, 2.75) is 32.2 Å². The number of nitrogens with two attached hydrogens (primary N) is 1. The van der Waals surface area contributed by atoms with E-state index in [1.807, 2.05) is 37.3 Å². The summed E-state index contributed by atoms with van der Waals surface area (Å²) in [6.45, 7) is 1.84. The van der Waals surface area contributed by atoms with Crippen LogP contribution in [0.1, 0.15) is 25.3 Å². The molecule has 0 aliphatic rings. The van der Waals surface area contributed by atoms with E-state index >= 15 is 0 Å². The molecule has 0 fully saturated rings. The van der Waals surface area contributed by atoms with Crippen molar-refractivity contribution >= 4 is 11.9 Å². The first-order valence-corrected chi connectivity index (χ1v) is 5.67. The van der Waals surface area contributed by atoms with E-state index in [9.17, 15) is 9.59 Å². The van der Waals surface area contributed by atoms with E-state index in [1.54, 1.807) is 0 Å². The molecule has 0 amide bonds. The summed E-state index contributed by atoms with van der Waals surface area (Å²) in [6.07, 6.45) is 1.27. The molecular weight excluding hydrogens is 218 g/mol. The normalized spacial score (nSPS) is 11.9. The second-order valence-corrected chi connectivity index (χ2v) is 3.84. The maximum Gasteiger partial charge on any atom is 0.330 e. The fourth-order valence-electron chi connectivity index (χ4n) is 1.39. The highest BCUT2D eigenvalue weighted by Crippen LogP contribution is 2.03. The predicted molar refractivity (Wildman–Crippen MR) is 64.1 cm³/mol. The quantitative estimate of drug-likeness (QED) is 0.619. The number of esters is 2. The number of hydrogen-bond acceptors (Lipinski definition) is 4. The molecule has 0 heterocycles. The summed E-state index contributed by atoms with van der Waals surface area (Å²) in [5, 5.41) is 0. The van der Waals surface area contributed by atoms with E-state index in [4.69, 9.17) is 5.73 Å². The third-order valence-corrected chi connectivity index (χ3v) is 2.27. The number of carbonyl (C=O) groups is 2.